The maximum atomic E-state index is 12.3. The summed E-state index contributed by atoms with van der Waals surface area (Å²) in [4.78, 5) is 2.51. The van der Waals surface area contributed by atoms with Crippen molar-refractivity contribution in [3.63, 3.8) is 0 Å². The third kappa shape index (κ3) is 5.43. The van der Waals surface area contributed by atoms with Gasteiger partial charge < -0.3 is 15.5 Å². The van der Waals surface area contributed by atoms with E-state index in [4.69, 9.17) is 12.2 Å². The van der Waals surface area contributed by atoms with E-state index in [9.17, 15) is 8.42 Å². The minimum absolute atomic E-state index is 0.211. The number of thiocarbonyl (C=S) groups is 1. The maximum Gasteiger partial charge on any atom is 0.242 e. The van der Waals surface area contributed by atoms with Crippen molar-refractivity contribution in [1.29, 1.82) is 0 Å². The summed E-state index contributed by atoms with van der Waals surface area (Å²) < 4.78 is 25.7. The molecule has 152 valence electrons. The first kappa shape index (κ1) is 22.1. The zero-order chi connectivity index (χ0) is 20.9. The highest BCUT2D eigenvalue weighted by Crippen LogP contribution is 2.21. The molecule has 0 saturated heterocycles. The van der Waals surface area contributed by atoms with Gasteiger partial charge >= 0.3 is 0 Å². The lowest BCUT2D eigenvalue weighted by Gasteiger charge is -2.27. The van der Waals surface area contributed by atoms with Crippen LogP contribution in [0.1, 0.15) is 20.8 Å². The molecule has 0 aliphatic rings. The summed E-state index contributed by atoms with van der Waals surface area (Å²) in [6.07, 6.45) is 0. The van der Waals surface area contributed by atoms with Crippen molar-refractivity contribution in [2.75, 3.05) is 36.2 Å². The molecule has 0 heterocycles. The van der Waals surface area contributed by atoms with E-state index in [1.165, 1.54) is 18.4 Å². The minimum atomic E-state index is -3.49. The van der Waals surface area contributed by atoms with Gasteiger partial charge in [-0.25, -0.2) is 12.7 Å². The molecule has 8 heteroatoms. The van der Waals surface area contributed by atoms with Gasteiger partial charge in [-0.15, -0.1) is 0 Å². The third-order valence-electron chi connectivity index (χ3n) is 4.29. The highest BCUT2D eigenvalue weighted by atomic mass is 32.2. The number of hydrogen-bond acceptors (Lipinski definition) is 4. The molecule has 2 aromatic carbocycles. The average molecular weight is 421 g/mol. The summed E-state index contributed by atoms with van der Waals surface area (Å²) in [5, 5.41) is 6.55. The second-order valence-corrected chi connectivity index (χ2v) is 9.38. The van der Waals surface area contributed by atoms with Gasteiger partial charge in [-0.1, -0.05) is 6.07 Å². The van der Waals surface area contributed by atoms with Gasteiger partial charge in [-0.3, -0.25) is 0 Å². The fourth-order valence-electron chi connectivity index (χ4n) is 2.82. The van der Waals surface area contributed by atoms with Gasteiger partial charge in [-0.05, 0) is 75.5 Å². The Hall–Kier alpha value is -2.16. The Morgan fingerprint density at radius 1 is 1.04 bits per heavy atom. The molecule has 0 spiro atoms. The van der Waals surface area contributed by atoms with Crippen molar-refractivity contribution in [3.05, 3.63) is 48.5 Å². The smallest absolute Gasteiger partial charge is 0.242 e. The molecule has 0 atom stereocenters. The Kier molecular flexibility index (Phi) is 7.40. The summed E-state index contributed by atoms with van der Waals surface area (Å²) in [6, 6.07) is 15.1. The molecule has 2 rings (SSSR count). The summed E-state index contributed by atoms with van der Waals surface area (Å²) in [5.74, 6) is 0. The SMILES string of the molecule is CCN(c1ccc(NC(=S)Nc2cccc(S(=O)(=O)N(C)C)c2)cc1)C(C)C. The minimum Gasteiger partial charge on any atom is -0.369 e. The zero-order valence-corrected chi connectivity index (χ0v) is 18.6. The molecular formula is C20H28N4O2S2. The average Bonchev–Trinajstić information content (AvgIpc) is 2.63. The van der Waals surface area contributed by atoms with E-state index in [1.807, 2.05) is 12.1 Å². The maximum absolute atomic E-state index is 12.3. The van der Waals surface area contributed by atoms with Crippen LogP contribution in [0, 0.1) is 0 Å². The molecule has 0 aromatic heterocycles. The largest absolute Gasteiger partial charge is 0.369 e. The van der Waals surface area contributed by atoms with Crippen molar-refractivity contribution in [2.24, 2.45) is 0 Å². The van der Waals surface area contributed by atoms with Crippen LogP contribution in [0.5, 0.6) is 0 Å². The summed E-state index contributed by atoms with van der Waals surface area (Å²) in [6.45, 7) is 7.41. The molecule has 0 radical (unpaired) electrons. The first-order valence-electron chi connectivity index (χ1n) is 9.12. The summed E-state index contributed by atoms with van der Waals surface area (Å²) in [5.41, 5.74) is 2.62. The summed E-state index contributed by atoms with van der Waals surface area (Å²) in [7, 11) is -0.483. The lowest BCUT2D eigenvalue weighted by molar-refractivity contribution is 0.521. The molecule has 0 saturated carbocycles. The van der Waals surface area contributed by atoms with Crippen molar-refractivity contribution in [3.8, 4) is 0 Å². The second-order valence-electron chi connectivity index (χ2n) is 6.82. The fourth-order valence-corrected chi connectivity index (χ4v) is 4.00. The van der Waals surface area contributed by atoms with E-state index in [-0.39, 0.29) is 4.90 Å². The standard InChI is InChI=1S/C20H28N4O2S2/c1-6-24(15(2)3)18-12-10-16(11-13-18)21-20(27)22-17-8-7-9-19(14-17)28(25,26)23(4)5/h7-15H,6H2,1-5H3,(H2,21,22,27). The first-order chi connectivity index (χ1) is 13.1. The Bertz CT molecular complexity index is 910. The van der Waals surface area contributed by atoms with Crippen LogP contribution in [0.3, 0.4) is 0 Å². The van der Waals surface area contributed by atoms with Crippen LogP contribution in [-0.2, 0) is 10.0 Å². The van der Waals surface area contributed by atoms with Gasteiger partial charge in [-0.2, -0.15) is 0 Å². The number of nitrogens with zero attached hydrogens (tertiary/aromatic N) is 2. The Morgan fingerprint density at radius 2 is 1.64 bits per heavy atom. The molecule has 0 aliphatic heterocycles. The Balaban J connectivity index is 2.07. The molecule has 0 aliphatic carbocycles. The second kappa shape index (κ2) is 9.36. The quantitative estimate of drug-likeness (QED) is 0.661. The molecule has 0 amide bonds. The van der Waals surface area contributed by atoms with Gasteiger partial charge in [0.15, 0.2) is 5.11 Å². The van der Waals surface area contributed by atoms with Crippen molar-refractivity contribution in [1.82, 2.24) is 4.31 Å². The topological polar surface area (TPSA) is 64.7 Å². The first-order valence-corrected chi connectivity index (χ1v) is 11.0. The van der Waals surface area contributed by atoms with E-state index in [0.717, 1.165) is 17.9 Å². The van der Waals surface area contributed by atoms with Gasteiger partial charge in [0.2, 0.25) is 10.0 Å². The van der Waals surface area contributed by atoms with Gasteiger partial charge in [0, 0.05) is 43.7 Å². The molecule has 0 unspecified atom stereocenters. The Morgan fingerprint density at radius 3 is 2.18 bits per heavy atom. The van der Waals surface area contributed by atoms with Crippen LogP contribution >= 0.6 is 12.2 Å². The molecule has 6 nitrogen and oxygen atoms in total. The van der Waals surface area contributed by atoms with E-state index < -0.39 is 10.0 Å². The zero-order valence-electron chi connectivity index (χ0n) is 16.9. The number of anilines is 3. The molecule has 0 bridgehead atoms. The van der Waals surface area contributed by atoms with Crippen molar-refractivity contribution < 1.29 is 8.42 Å². The molecular weight excluding hydrogens is 392 g/mol. The van der Waals surface area contributed by atoms with E-state index in [2.05, 4.69) is 48.4 Å². The van der Waals surface area contributed by atoms with Gasteiger partial charge in [0.25, 0.3) is 0 Å². The van der Waals surface area contributed by atoms with E-state index >= 15 is 0 Å². The third-order valence-corrected chi connectivity index (χ3v) is 6.31. The van der Waals surface area contributed by atoms with E-state index in [1.54, 1.807) is 24.3 Å². The van der Waals surface area contributed by atoms with Crippen LogP contribution in [0.4, 0.5) is 17.1 Å². The van der Waals surface area contributed by atoms with Crippen LogP contribution in [0.2, 0.25) is 0 Å². The van der Waals surface area contributed by atoms with Gasteiger partial charge in [0.05, 0.1) is 4.90 Å². The van der Waals surface area contributed by atoms with E-state index in [0.29, 0.717) is 16.8 Å². The molecule has 0 fully saturated rings. The van der Waals surface area contributed by atoms with Crippen LogP contribution < -0.4 is 15.5 Å². The number of hydrogen-bond donors (Lipinski definition) is 2. The molecule has 28 heavy (non-hydrogen) atoms. The highest BCUT2D eigenvalue weighted by Gasteiger charge is 2.17. The predicted molar refractivity (Wildman–Crippen MR) is 122 cm³/mol. The monoisotopic (exact) mass is 420 g/mol. The predicted octanol–water partition coefficient (Wildman–Crippen LogP) is 3.98. The fraction of sp³-hybridized carbons (Fsp3) is 0.350. The van der Waals surface area contributed by atoms with Crippen molar-refractivity contribution >= 4 is 44.4 Å². The number of rotatable bonds is 7. The highest BCUT2D eigenvalue weighted by molar-refractivity contribution is 7.89. The lowest BCUT2D eigenvalue weighted by Crippen LogP contribution is -2.30. The Labute approximate surface area is 173 Å². The number of benzene rings is 2. The van der Waals surface area contributed by atoms with Crippen LogP contribution in [-0.4, -0.2) is 44.5 Å². The normalized spacial score (nSPS) is 11.5. The van der Waals surface area contributed by atoms with Crippen LogP contribution in [0.15, 0.2) is 53.4 Å². The lowest BCUT2D eigenvalue weighted by atomic mass is 10.2. The van der Waals surface area contributed by atoms with Crippen LogP contribution in [0.25, 0.3) is 0 Å². The number of nitrogens with one attached hydrogen (secondary N) is 2. The molecule has 2 aromatic rings. The van der Waals surface area contributed by atoms with Crippen molar-refractivity contribution in [2.45, 2.75) is 31.7 Å². The molecule has 2 N–H and O–H groups in total. The summed E-state index contributed by atoms with van der Waals surface area (Å²) >= 11 is 5.36. The number of sulfonamides is 1. The van der Waals surface area contributed by atoms with Gasteiger partial charge in [0.1, 0.15) is 0 Å².